The van der Waals surface area contributed by atoms with Crippen molar-refractivity contribution in [3.8, 4) is 0 Å². The number of halogens is 1. The number of sulfonamides is 1. The van der Waals surface area contributed by atoms with Crippen LogP contribution in [0.3, 0.4) is 0 Å². The van der Waals surface area contributed by atoms with Crippen LogP contribution < -0.4 is 14.9 Å². The molecule has 2 N–H and O–H groups in total. The van der Waals surface area contributed by atoms with Crippen LogP contribution in [0.15, 0.2) is 93.4 Å². The van der Waals surface area contributed by atoms with Gasteiger partial charge in [-0.3, -0.25) is 9.71 Å². The maximum absolute atomic E-state index is 11.8. The number of rotatable bonds is 7. The van der Waals surface area contributed by atoms with Crippen LogP contribution >= 0.6 is 35.6 Å². The first-order valence-corrected chi connectivity index (χ1v) is 14.8. The predicted molar refractivity (Wildman–Crippen MR) is 152 cm³/mol. The fraction of sp³-hybridized carbons (Fsp3) is 0.154. The SMILES string of the molecule is Cc1cc(N2C(=S)N[C@@H](c3ccccn3)[C@@H]2c2ccc(Sc3ccc(Cl)cc3)o2)ccc1NS(C)(=O)=O. The highest BCUT2D eigenvalue weighted by Crippen LogP contribution is 2.44. The molecule has 2 aromatic carbocycles. The molecule has 1 fully saturated rings. The predicted octanol–water partition coefficient (Wildman–Crippen LogP) is 6.34. The van der Waals surface area contributed by atoms with E-state index in [1.54, 1.807) is 12.3 Å². The van der Waals surface area contributed by atoms with E-state index in [4.69, 9.17) is 28.2 Å². The fourth-order valence-electron chi connectivity index (χ4n) is 4.20. The Morgan fingerprint density at radius 2 is 1.89 bits per heavy atom. The molecule has 190 valence electrons. The van der Waals surface area contributed by atoms with Crippen LogP contribution in [0.1, 0.15) is 29.1 Å². The molecule has 1 aliphatic heterocycles. The van der Waals surface area contributed by atoms with E-state index in [0.29, 0.717) is 15.8 Å². The maximum Gasteiger partial charge on any atom is 0.229 e. The number of thiocarbonyl (C=S) groups is 1. The van der Waals surface area contributed by atoms with Crippen LogP contribution in [-0.2, 0) is 10.0 Å². The number of hydrogen-bond acceptors (Lipinski definition) is 6. The summed E-state index contributed by atoms with van der Waals surface area (Å²) in [4.78, 5) is 7.56. The van der Waals surface area contributed by atoms with Crippen LogP contribution in [0.25, 0.3) is 0 Å². The zero-order chi connectivity index (χ0) is 26.2. The molecule has 37 heavy (non-hydrogen) atoms. The van der Waals surface area contributed by atoms with Crippen molar-refractivity contribution in [3.05, 3.63) is 101 Å². The van der Waals surface area contributed by atoms with Gasteiger partial charge in [-0.25, -0.2) is 8.42 Å². The summed E-state index contributed by atoms with van der Waals surface area (Å²) in [5.41, 5.74) is 2.92. The highest BCUT2D eigenvalue weighted by atomic mass is 35.5. The molecular formula is C26H23ClN4O3S3. The van der Waals surface area contributed by atoms with Crippen LogP contribution in [0.2, 0.25) is 5.02 Å². The number of pyridine rings is 1. The first kappa shape index (κ1) is 25.6. The molecule has 1 saturated heterocycles. The van der Waals surface area contributed by atoms with Crippen molar-refractivity contribution in [2.45, 2.75) is 29.0 Å². The topological polar surface area (TPSA) is 87.5 Å². The number of benzene rings is 2. The standard InChI is InChI=1S/C26H23ClN4O3S3/c1-16-15-18(8-11-20(16)30-37(2,32)33)31-25(24(29-26(31)35)21-5-3-4-14-28-21)22-12-13-23(34-22)36-19-9-6-17(27)7-10-19/h3-15,24-25,30H,1-2H3,(H,29,35)/t24-,25-/m0/s1. The summed E-state index contributed by atoms with van der Waals surface area (Å²) in [6.45, 7) is 1.85. The Morgan fingerprint density at radius 3 is 2.57 bits per heavy atom. The van der Waals surface area contributed by atoms with Gasteiger partial charge in [0.1, 0.15) is 11.8 Å². The lowest BCUT2D eigenvalue weighted by atomic mass is 10.0. The minimum absolute atomic E-state index is 0.262. The minimum Gasteiger partial charge on any atom is -0.452 e. The van der Waals surface area contributed by atoms with Crippen molar-refractivity contribution >= 4 is 62.1 Å². The quantitative estimate of drug-likeness (QED) is 0.249. The van der Waals surface area contributed by atoms with Gasteiger partial charge in [0.25, 0.3) is 0 Å². The van der Waals surface area contributed by atoms with E-state index in [9.17, 15) is 8.42 Å². The van der Waals surface area contributed by atoms with Gasteiger partial charge in [-0.1, -0.05) is 29.4 Å². The van der Waals surface area contributed by atoms with E-state index >= 15 is 0 Å². The molecule has 0 aliphatic carbocycles. The number of furan rings is 1. The van der Waals surface area contributed by atoms with Gasteiger partial charge in [-0.15, -0.1) is 0 Å². The lowest BCUT2D eigenvalue weighted by molar-refractivity contribution is 0.383. The molecule has 2 atom stereocenters. The van der Waals surface area contributed by atoms with Crippen molar-refractivity contribution < 1.29 is 12.8 Å². The Bertz CT molecular complexity index is 1540. The van der Waals surface area contributed by atoms with Gasteiger partial charge in [0.15, 0.2) is 10.2 Å². The van der Waals surface area contributed by atoms with E-state index in [1.165, 1.54) is 11.8 Å². The summed E-state index contributed by atoms with van der Waals surface area (Å²) in [6.07, 6.45) is 2.88. The number of aryl methyl sites for hydroxylation is 1. The number of nitrogens with zero attached hydrogens (tertiary/aromatic N) is 2. The van der Waals surface area contributed by atoms with Crippen molar-refractivity contribution in [1.82, 2.24) is 10.3 Å². The summed E-state index contributed by atoms with van der Waals surface area (Å²) in [6, 6.07) is 22.1. The number of nitrogens with one attached hydrogen (secondary N) is 2. The largest absolute Gasteiger partial charge is 0.452 e. The van der Waals surface area contributed by atoms with Gasteiger partial charge < -0.3 is 14.6 Å². The van der Waals surface area contributed by atoms with E-state index in [2.05, 4.69) is 15.0 Å². The molecule has 0 bridgehead atoms. The summed E-state index contributed by atoms with van der Waals surface area (Å²) in [7, 11) is -3.40. The second kappa shape index (κ2) is 10.4. The summed E-state index contributed by atoms with van der Waals surface area (Å²) in [5, 5.41) is 5.34. The molecule has 0 unspecified atom stereocenters. The molecule has 0 saturated carbocycles. The average molecular weight is 571 g/mol. The van der Waals surface area contributed by atoms with Crippen LogP contribution in [0.4, 0.5) is 11.4 Å². The van der Waals surface area contributed by atoms with Gasteiger partial charge in [-0.05, 0) is 91.4 Å². The van der Waals surface area contributed by atoms with Crippen LogP contribution in [0.5, 0.6) is 0 Å². The van der Waals surface area contributed by atoms with Gasteiger partial charge >= 0.3 is 0 Å². The first-order valence-electron chi connectivity index (χ1n) is 11.3. The van der Waals surface area contributed by atoms with Crippen molar-refractivity contribution in [2.24, 2.45) is 0 Å². The molecule has 4 aromatic rings. The molecule has 11 heteroatoms. The minimum atomic E-state index is -3.40. The normalized spacial score (nSPS) is 17.6. The van der Waals surface area contributed by atoms with Crippen molar-refractivity contribution in [2.75, 3.05) is 15.9 Å². The van der Waals surface area contributed by atoms with E-state index < -0.39 is 10.0 Å². The van der Waals surface area contributed by atoms with Gasteiger partial charge in [0, 0.05) is 21.8 Å². The number of anilines is 2. The molecule has 2 aromatic heterocycles. The first-order chi connectivity index (χ1) is 17.7. The zero-order valence-corrected chi connectivity index (χ0v) is 23.1. The summed E-state index contributed by atoms with van der Waals surface area (Å²) in [5.74, 6) is 0.718. The Hall–Kier alpha value is -3.05. The van der Waals surface area contributed by atoms with Gasteiger partial charge in [-0.2, -0.15) is 0 Å². The molecule has 1 aliphatic rings. The average Bonchev–Trinajstić information content (AvgIpc) is 3.45. The second-order valence-corrected chi connectivity index (χ2v) is 12.2. The Balaban J connectivity index is 1.52. The second-order valence-electron chi connectivity index (χ2n) is 8.58. The lowest BCUT2D eigenvalue weighted by Gasteiger charge is -2.26. The van der Waals surface area contributed by atoms with Gasteiger partial charge in [0.05, 0.1) is 23.7 Å². The smallest absolute Gasteiger partial charge is 0.229 e. The number of hydrogen-bond donors (Lipinski definition) is 2. The van der Waals surface area contributed by atoms with Crippen LogP contribution in [0, 0.1) is 6.92 Å². The van der Waals surface area contributed by atoms with Crippen molar-refractivity contribution in [1.29, 1.82) is 0 Å². The highest BCUT2D eigenvalue weighted by molar-refractivity contribution is 7.99. The lowest BCUT2D eigenvalue weighted by Crippen LogP contribution is -2.29. The number of aromatic nitrogens is 1. The molecule has 7 nitrogen and oxygen atoms in total. The summed E-state index contributed by atoms with van der Waals surface area (Å²) >= 11 is 13.3. The molecule has 3 heterocycles. The third-order valence-electron chi connectivity index (χ3n) is 5.81. The third-order valence-corrected chi connectivity index (χ3v) is 7.89. The van der Waals surface area contributed by atoms with Crippen molar-refractivity contribution in [3.63, 3.8) is 0 Å². The monoisotopic (exact) mass is 570 g/mol. The highest BCUT2D eigenvalue weighted by Gasteiger charge is 2.42. The van der Waals surface area contributed by atoms with E-state index in [0.717, 1.165) is 38.9 Å². The Labute approximate surface area is 230 Å². The fourth-order valence-corrected chi connectivity index (χ4v) is 6.08. The zero-order valence-electron chi connectivity index (χ0n) is 19.9. The maximum atomic E-state index is 11.8. The van der Waals surface area contributed by atoms with E-state index in [1.807, 2.05) is 78.6 Å². The molecule has 5 rings (SSSR count). The molecule has 0 spiro atoms. The molecule has 0 radical (unpaired) electrons. The Morgan fingerprint density at radius 1 is 1.11 bits per heavy atom. The Kier molecular flexibility index (Phi) is 7.17. The molecular weight excluding hydrogens is 548 g/mol. The third kappa shape index (κ3) is 5.77. The summed E-state index contributed by atoms with van der Waals surface area (Å²) < 4.78 is 32.4. The van der Waals surface area contributed by atoms with Gasteiger partial charge in [0.2, 0.25) is 10.0 Å². The van der Waals surface area contributed by atoms with Crippen LogP contribution in [-0.4, -0.2) is 24.8 Å². The van der Waals surface area contributed by atoms with E-state index in [-0.39, 0.29) is 12.1 Å². The molecule has 0 amide bonds.